The fourth-order valence-electron chi connectivity index (χ4n) is 8.29. The van der Waals surface area contributed by atoms with E-state index in [1.165, 1.54) is 283 Å². The molecule has 0 rings (SSSR count). The largest absolute Gasteiger partial charge is 1.00 e. The monoisotopic (exact) mass is 1100 g/mol. The first-order valence-corrected chi connectivity index (χ1v) is 29.5. The van der Waals surface area contributed by atoms with Crippen molar-refractivity contribution in [1.82, 2.24) is 0 Å². The van der Waals surface area contributed by atoms with Crippen LogP contribution in [0.5, 0.6) is 0 Å². The van der Waals surface area contributed by atoms with E-state index in [4.69, 9.17) is 0 Å². The number of hydrogen-bond donors (Lipinski definition) is 0. The molecule has 0 saturated heterocycles. The van der Waals surface area contributed by atoms with Crippen LogP contribution in [0.25, 0.3) is 0 Å². The Morgan fingerprint density at radius 2 is 0.250 bits per heavy atom. The first kappa shape index (κ1) is 85.9. The number of nitrogens with zero attached hydrogens (tertiary/aromatic N) is 4. The van der Waals surface area contributed by atoms with Crippen molar-refractivity contribution in [2.45, 2.75) is 285 Å². The minimum Gasteiger partial charge on any atom is -1.00 e. The molecule has 0 saturated carbocycles. The van der Waals surface area contributed by atoms with Crippen LogP contribution < -0.4 is 54.2 Å². The van der Waals surface area contributed by atoms with Gasteiger partial charge in [0.1, 0.15) is 0 Å². The lowest BCUT2D eigenvalue weighted by atomic mass is 10.1. The Bertz CT molecular complexity index is 701. The number of quaternary nitrogens is 4. The summed E-state index contributed by atoms with van der Waals surface area (Å²) in [5.74, 6) is 0. The van der Waals surface area contributed by atoms with Gasteiger partial charge in [0, 0.05) is 0 Å². The number of halogens is 4. The fraction of sp³-hybridized carbons (Fsp3) is 1.00. The average Bonchev–Trinajstić information content (AvgIpc) is 3.20. The molecule has 4 nitrogen and oxygen atoms in total. The molecular formula is C60H136BrCl3N4. The molecule has 0 N–H and O–H groups in total. The zero-order chi connectivity index (χ0) is 49.1. The molecule has 0 aliphatic carbocycles. The van der Waals surface area contributed by atoms with Gasteiger partial charge in [-0.15, -0.1) is 0 Å². The summed E-state index contributed by atoms with van der Waals surface area (Å²) in [5.41, 5.74) is 0. The van der Waals surface area contributed by atoms with Crippen molar-refractivity contribution in [3.63, 3.8) is 0 Å². The van der Waals surface area contributed by atoms with Crippen LogP contribution in [0, 0.1) is 0 Å². The van der Waals surface area contributed by atoms with Gasteiger partial charge in [-0.05, 0) is 51.4 Å². The molecule has 0 aromatic carbocycles. The lowest BCUT2D eigenvalue weighted by molar-refractivity contribution is -0.870. The summed E-state index contributed by atoms with van der Waals surface area (Å²) in [6, 6.07) is 0. The topological polar surface area (TPSA) is 0 Å². The summed E-state index contributed by atoms with van der Waals surface area (Å²) >= 11 is 0. The normalized spacial score (nSPS) is 11.3. The van der Waals surface area contributed by atoms with E-state index in [-0.39, 0.29) is 54.2 Å². The Kier molecular flexibility index (Phi) is 81.3. The van der Waals surface area contributed by atoms with Gasteiger partial charge in [0.05, 0.1) is 111 Å². The molecule has 0 radical (unpaired) electrons. The Labute approximate surface area is 464 Å². The Hall–Kier alpha value is 1.19. The summed E-state index contributed by atoms with van der Waals surface area (Å²) in [6.07, 6.45) is 57.6. The molecular weight excluding hydrogens is 963 g/mol. The van der Waals surface area contributed by atoms with Gasteiger partial charge in [0.25, 0.3) is 0 Å². The molecule has 0 unspecified atom stereocenters. The first-order chi connectivity index (χ1) is 30.2. The van der Waals surface area contributed by atoms with Gasteiger partial charge in [-0.3, -0.25) is 0 Å². The highest BCUT2D eigenvalue weighted by Crippen LogP contribution is 2.14. The van der Waals surface area contributed by atoms with Gasteiger partial charge in [-0.2, -0.15) is 0 Å². The van der Waals surface area contributed by atoms with E-state index >= 15 is 0 Å². The minimum absolute atomic E-state index is 0. The van der Waals surface area contributed by atoms with Crippen molar-refractivity contribution >= 4 is 0 Å². The zero-order valence-electron chi connectivity index (χ0n) is 50.4. The quantitative estimate of drug-likeness (QED) is 0.0486. The first-order valence-electron chi connectivity index (χ1n) is 29.5. The minimum atomic E-state index is 0. The number of hydrogen-bond acceptors (Lipinski definition) is 0. The number of rotatable bonds is 44. The van der Waals surface area contributed by atoms with Crippen molar-refractivity contribution in [2.75, 3.05) is 111 Å². The van der Waals surface area contributed by atoms with Crippen LogP contribution in [0.15, 0.2) is 0 Å². The van der Waals surface area contributed by atoms with Gasteiger partial charge in [-0.1, -0.05) is 233 Å². The van der Waals surface area contributed by atoms with E-state index in [1.807, 2.05) is 0 Å². The van der Waals surface area contributed by atoms with Gasteiger partial charge >= 0.3 is 0 Å². The smallest absolute Gasteiger partial charge is 0.0780 e. The molecule has 8 heteroatoms. The second-order valence-electron chi connectivity index (χ2n) is 24.8. The summed E-state index contributed by atoms with van der Waals surface area (Å²) in [5, 5.41) is 0. The van der Waals surface area contributed by atoms with Crippen molar-refractivity contribution in [3.8, 4) is 0 Å². The second kappa shape index (κ2) is 64.3. The van der Waals surface area contributed by atoms with E-state index in [2.05, 4.69) is 112 Å². The summed E-state index contributed by atoms with van der Waals surface area (Å²) in [6.45, 7) is 14.5. The molecule has 0 fully saturated rings. The lowest BCUT2D eigenvalue weighted by Gasteiger charge is -2.23. The molecule has 424 valence electrons. The van der Waals surface area contributed by atoms with E-state index in [0.29, 0.717) is 0 Å². The standard InChI is InChI=1S/4C15H34N.BrH.3ClH/c4*1-5-6-7-8-9-10-11-12-13-14-15-16(2,3)4;;;;/h4*5-15H2,1-4H3;4*1H/q4*+1;;;;/p-4. The predicted octanol–water partition coefficient (Wildman–Crippen LogP) is 6.47. The van der Waals surface area contributed by atoms with Crippen LogP contribution in [0.2, 0.25) is 0 Å². The lowest BCUT2D eigenvalue weighted by Crippen LogP contribution is -3.00. The van der Waals surface area contributed by atoms with Crippen LogP contribution in [-0.2, 0) is 0 Å². The maximum atomic E-state index is 2.29. The maximum absolute atomic E-state index is 2.29. The summed E-state index contributed by atoms with van der Waals surface area (Å²) in [7, 11) is 27.4. The third-order valence-electron chi connectivity index (χ3n) is 12.7. The highest BCUT2D eigenvalue weighted by molar-refractivity contribution is 4.51. The van der Waals surface area contributed by atoms with E-state index in [9.17, 15) is 0 Å². The highest BCUT2D eigenvalue weighted by atomic mass is 79.9. The predicted molar refractivity (Wildman–Crippen MR) is 299 cm³/mol. The van der Waals surface area contributed by atoms with Crippen molar-refractivity contribution in [1.29, 1.82) is 0 Å². The van der Waals surface area contributed by atoms with Crippen LogP contribution in [0.3, 0.4) is 0 Å². The van der Waals surface area contributed by atoms with Crippen LogP contribution in [-0.4, -0.2) is 129 Å². The Morgan fingerprint density at radius 3 is 0.338 bits per heavy atom. The molecule has 0 aromatic rings. The van der Waals surface area contributed by atoms with E-state index < -0.39 is 0 Å². The third-order valence-corrected chi connectivity index (χ3v) is 12.7. The molecule has 0 aromatic heterocycles. The maximum Gasteiger partial charge on any atom is 0.0780 e. The van der Waals surface area contributed by atoms with Gasteiger partial charge in [-0.25, -0.2) is 0 Å². The Morgan fingerprint density at radius 1 is 0.162 bits per heavy atom. The second-order valence-corrected chi connectivity index (χ2v) is 24.8. The highest BCUT2D eigenvalue weighted by Gasteiger charge is 2.08. The van der Waals surface area contributed by atoms with Crippen LogP contribution >= 0.6 is 0 Å². The van der Waals surface area contributed by atoms with Gasteiger partial charge < -0.3 is 72.1 Å². The Balaban J connectivity index is -0.000000115. The van der Waals surface area contributed by atoms with Gasteiger partial charge in [0.15, 0.2) is 0 Å². The zero-order valence-corrected chi connectivity index (χ0v) is 54.3. The van der Waals surface area contributed by atoms with Crippen LogP contribution in [0.4, 0.5) is 0 Å². The average molecular weight is 1100 g/mol. The molecule has 0 amide bonds. The molecule has 0 spiro atoms. The number of unbranched alkanes of at least 4 members (excludes halogenated alkanes) is 36. The molecule has 0 aliphatic rings. The molecule has 68 heavy (non-hydrogen) atoms. The van der Waals surface area contributed by atoms with Crippen molar-refractivity contribution < 1.29 is 72.1 Å². The van der Waals surface area contributed by atoms with Crippen molar-refractivity contribution in [3.05, 3.63) is 0 Å². The van der Waals surface area contributed by atoms with E-state index in [0.717, 1.165) is 17.9 Å². The fourth-order valence-corrected chi connectivity index (χ4v) is 8.29. The molecule has 0 aliphatic heterocycles. The van der Waals surface area contributed by atoms with Crippen molar-refractivity contribution in [2.24, 2.45) is 0 Å². The van der Waals surface area contributed by atoms with Gasteiger partial charge in [0.2, 0.25) is 0 Å². The summed E-state index contributed by atoms with van der Waals surface area (Å²) < 4.78 is 4.49. The molecule has 0 heterocycles. The third kappa shape index (κ3) is 104. The van der Waals surface area contributed by atoms with E-state index in [1.54, 1.807) is 0 Å². The molecule has 0 bridgehead atoms. The van der Waals surface area contributed by atoms with Crippen LogP contribution in [0.1, 0.15) is 285 Å². The summed E-state index contributed by atoms with van der Waals surface area (Å²) in [4.78, 5) is 0. The SMILES string of the molecule is CCCCCCCCCCCC[N+](C)(C)C.CCCCCCCCCCCC[N+](C)(C)C.CCCCCCCCCCCC[N+](C)(C)C.CCCCCCCCCCCC[N+](C)(C)C.[Br-].[Cl-].[Cl-].[Cl-]. The molecule has 0 atom stereocenters.